The minimum Gasteiger partial charge on any atom is -0.496 e. The molecule has 0 unspecified atom stereocenters. The molecule has 0 aromatic heterocycles. The van der Waals surface area contributed by atoms with Crippen LogP contribution in [0.15, 0.2) is 36.4 Å². The van der Waals surface area contributed by atoms with Crippen molar-refractivity contribution in [2.75, 3.05) is 41.0 Å². The van der Waals surface area contributed by atoms with Crippen molar-refractivity contribution in [2.45, 2.75) is 52.9 Å². The van der Waals surface area contributed by atoms with Gasteiger partial charge in [0.05, 0.1) is 30.0 Å². The van der Waals surface area contributed by atoms with Gasteiger partial charge < -0.3 is 15.2 Å². The highest BCUT2D eigenvalue weighted by Crippen LogP contribution is 2.38. The van der Waals surface area contributed by atoms with Crippen molar-refractivity contribution < 1.29 is 37.4 Å². The number of aliphatic carboxylic acids is 1. The summed E-state index contributed by atoms with van der Waals surface area (Å²) in [5.41, 5.74) is 0.374. The van der Waals surface area contributed by atoms with Crippen LogP contribution in [-0.4, -0.2) is 63.8 Å². The minimum atomic E-state index is -3.72. The lowest BCUT2D eigenvalue weighted by Gasteiger charge is -2.30. The fourth-order valence-electron chi connectivity index (χ4n) is 4.41. The van der Waals surface area contributed by atoms with E-state index in [1.807, 2.05) is 20.8 Å². The summed E-state index contributed by atoms with van der Waals surface area (Å²) >= 11 is 0. The molecule has 2 aromatic rings. The molecule has 0 saturated carbocycles. The van der Waals surface area contributed by atoms with Crippen LogP contribution in [0.2, 0.25) is 0 Å². The van der Waals surface area contributed by atoms with Crippen molar-refractivity contribution in [3.05, 3.63) is 47.5 Å². The average molecular weight is 603 g/mol. The first-order chi connectivity index (χ1) is 19.3. The highest BCUT2D eigenvalue weighted by atomic mass is 32.2. The van der Waals surface area contributed by atoms with Gasteiger partial charge in [0.25, 0.3) is 5.91 Å². The van der Waals surface area contributed by atoms with Crippen molar-refractivity contribution in [3.63, 3.8) is 0 Å². The van der Waals surface area contributed by atoms with E-state index >= 15 is 0 Å². The molecule has 12 nitrogen and oxygen atoms in total. The van der Waals surface area contributed by atoms with Crippen LogP contribution in [0.5, 0.6) is 5.75 Å². The lowest BCUT2D eigenvalue weighted by atomic mass is 9.84. The number of anilines is 3. The molecule has 1 saturated heterocycles. The number of imide groups is 1. The van der Waals surface area contributed by atoms with E-state index < -0.39 is 38.8 Å². The van der Waals surface area contributed by atoms with Gasteiger partial charge in [0.2, 0.25) is 15.9 Å². The van der Waals surface area contributed by atoms with Gasteiger partial charge >= 0.3 is 12.0 Å². The summed E-state index contributed by atoms with van der Waals surface area (Å²) in [6.45, 7) is 9.00. The second-order valence-electron chi connectivity index (χ2n) is 11.9. The first-order valence-electron chi connectivity index (χ1n) is 13.3. The molecule has 13 heteroatoms. The SMILES string of the molecule is COc1c(C(=O)Nc2ccc(N(CCC(C)(C)C(=O)O)S(C)(=O)=O)cc2)cc(N2CCC(=O)NC2=O)cc1C(C)(C)C. The molecule has 1 fully saturated rings. The van der Waals surface area contributed by atoms with Crippen molar-refractivity contribution in [3.8, 4) is 5.75 Å². The van der Waals surface area contributed by atoms with E-state index in [-0.39, 0.29) is 37.4 Å². The molecule has 42 heavy (non-hydrogen) atoms. The van der Waals surface area contributed by atoms with Crippen LogP contribution < -0.4 is 24.6 Å². The van der Waals surface area contributed by atoms with Gasteiger partial charge in [0.1, 0.15) is 5.75 Å². The number of carboxylic acids is 1. The third kappa shape index (κ3) is 7.38. The minimum absolute atomic E-state index is 0.0426. The van der Waals surface area contributed by atoms with Crippen molar-refractivity contribution in [1.82, 2.24) is 5.32 Å². The Morgan fingerprint density at radius 2 is 1.71 bits per heavy atom. The van der Waals surface area contributed by atoms with E-state index in [1.54, 1.807) is 18.2 Å². The molecule has 0 atom stereocenters. The number of carbonyl (C=O) groups is 4. The first-order valence-corrected chi connectivity index (χ1v) is 15.2. The number of amides is 4. The number of benzene rings is 2. The third-order valence-electron chi connectivity index (χ3n) is 7.03. The summed E-state index contributed by atoms with van der Waals surface area (Å²) in [5.74, 6) is -1.60. The van der Waals surface area contributed by atoms with Gasteiger partial charge in [-0.1, -0.05) is 20.8 Å². The molecular formula is C29H38N4O8S. The quantitative estimate of drug-likeness (QED) is 0.368. The molecular weight excluding hydrogens is 564 g/mol. The van der Waals surface area contributed by atoms with Gasteiger partial charge in [0.15, 0.2) is 0 Å². The Morgan fingerprint density at radius 1 is 1.10 bits per heavy atom. The molecule has 3 rings (SSSR count). The smallest absolute Gasteiger partial charge is 0.328 e. The molecule has 0 radical (unpaired) electrons. The predicted octanol–water partition coefficient (Wildman–Crippen LogP) is 3.96. The number of rotatable bonds is 10. The third-order valence-corrected chi connectivity index (χ3v) is 8.22. The number of nitrogens with zero attached hydrogens (tertiary/aromatic N) is 2. The molecule has 1 aliphatic rings. The zero-order valence-electron chi connectivity index (χ0n) is 24.9. The highest BCUT2D eigenvalue weighted by molar-refractivity contribution is 7.92. The van der Waals surface area contributed by atoms with E-state index in [4.69, 9.17) is 4.74 Å². The summed E-state index contributed by atoms with van der Waals surface area (Å²) in [4.78, 5) is 50.7. The van der Waals surface area contributed by atoms with Crippen LogP contribution in [0, 0.1) is 5.41 Å². The van der Waals surface area contributed by atoms with Crippen molar-refractivity contribution >= 4 is 50.9 Å². The van der Waals surface area contributed by atoms with Crippen LogP contribution >= 0.6 is 0 Å². The molecule has 1 heterocycles. The zero-order chi connectivity index (χ0) is 31.6. The monoisotopic (exact) mass is 602 g/mol. The number of carbonyl (C=O) groups excluding carboxylic acids is 3. The lowest BCUT2D eigenvalue weighted by molar-refractivity contribution is -0.147. The van der Waals surface area contributed by atoms with E-state index in [1.165, 1.54) is 44.1 Å². The molecule has 2 aromatic carbocycles. The molecule has 0 aliphatic carbocycles. The Kier molecular flexibility index (Phi) is 9.25. The van der Waals surface area contributed by atoms with Crippen LogP contribution in [0.3, 0.4) is 0 Å². The maximum Gasteiger partial charge on any atom is 0.328 e. The van der Waals surface area contributed by atoms with Crippen LogP contribution in [0.4, 0.5) is 21.9 Å². The maximum absolute atomic E-state index is 13.6. The first kappa shape index (κ1) is 32.4. The molecule has 3 N–H and O–H groups in total. The summed E-state index contributed by atoms with van der Waals surface area (Å²) in [6.07, 6.45) is 1.25. The number of ether oxygens (including phenoxy) is 1. The summed E-state index contributed by atoms with van der Waals surface area (Å²) in [6, 6.07) is 8.84. The van der Waals surface area contributed by atoms with Gasteiger partial charge in [-0.2, -0.15) is 0 Å². The summed E-state index contributed by atoms with van der Waals surface area (Å²) < 4.78 is 31.8. The second-order valence-corrected chi connectivity index (χ2v) is 13.8. The van der Waals surface area contributed by atoms with E-state index in [2.05, 4.69) is 10.6 Å². The summed E-state index contributed by atoms with van der Waals surface area (Å²) in [5, 5.41) is 14.5. The molecule has 1 aliphatic heterocycles. The van der Waals surface area contributed by atoms with Gasteiger partial charge in [-0.05, 0) is 62.1 Å². The van der Waals surface area contributed by atoms with Gasteiger partial charge in [-0.3, -0.25) is 28.9 Å². The van der Waals surface area contributed by atoms with Crippen molar-refractivity contribution in [1.29, 1.82) is 0 Å². The van der Waals surface area contributed by atoms with E-state index in [9.17, 15) is 32.7 Å². The largest absolute Gasteiger partial charge is 0.496 e. The molecule has 228 valence electrons. The number of nitrogens with one attached hydrogen (secondary N) is 2. The topological polar surface area (TPSA) is 162 Å². The molecule has 0 spiro atoms. The number of carboxylic acid groups (broad SMARTS) is 1. The Bertz CT molecular complexity index is 1490. The standard InChI is InChI=1S/C29H38N4O8S/c1-28(2,3)22-17-20(32-14-12-23(34)31-27(32)38)16-21(24(22)41-6)25(35)30-18-8-10-19(11-9-18)33(42(7,39)40)15-13-29(4,5)26(36)37/h8-11,16-17H,12-15H2,1-7H3,(H,30,35)(H,36,37)(H,31,34,38). The number of methoxy groups -OCH3 is 1. The fraction of sp³-hybridized carbons (Fsp3) is 0.448. The summed E-state index contributed by atoms with van der Waals surface area (Å²) in [7, 11) is -2.27. The van der Waals surface area contributed by atoms with Crippen molar-refractivity contribution in [2.24, 2.45) is 5.41 Å². The van der Waals surface area contributed by atoms with Crippen LogP contribution in [0.25, 0.3) is 0 Å². The number of hydrogen-bond acceptors (Lipinski definition) is 7. The Balaban J connectivity index is 1.94. The Hall–Kier alpha value is -4.13. The van der Waals surface area contributed by atoms with E-state index in [0.717, 1.165) is 10.6 Å². The van der Waals surface area contributed by atoms with Gasteiger partial charge in [-0.25, -0.2) is 13.2 Å². The number of sulfonamides is 1. The van der Waals surface area contributed by atoms with Crippen LogP contribution in [-0.2, 0) is 25.0 Å². The van der Waals surface area contributed by atoms with E-state index in [0.29, 0.717) is 28.4 Å². The highest BCUT2D eigenvalue weighted by Gasteiger charge is 2.31. The predicted molar refractivity (Wildman–Crippen MR) is 160 cm³/mol. The zero-order valence-corrected chi connectivity index (χ0v) is 25.7. The molecule has 4 amide bonds. The second kappa shape index (κ2) is 12.0. The Morgan fingerprint density at radius 3 is 2.21 bits per heavy atom. The maximum atomic E-state index is 13.6. The lowest BCUT2D eigenvalue weighted by Crippen LogP contribution is -2.49. The Labute approximate surface area is 246 Å². The van der Waals surface area contributed by atoms with Gasteiger partial charge in [0, 0.05) is 36.4 Å². The molecule has 0 bridgehead atoms. The fourth-order valence-corrected chi connectivity index (χ4v) is 5.34. The average Bonchev–Trinajstić information content (AvgIpc) is 2.87. The van der Waals surface area contributed by atoms with Gasteiger partial charge in [-0.15, -0.1) is 0 Å². The number of hydrogen-bond donors (Lipinski definition) is 3. The number of urea groups is 1. The van der Waals surface area contributed by atoms with Crippen LogP contribution in [0.1, 0.15) is 63.4 Å². The normalized spacial score (nSPS) is 14.3.